The lowest BCUT2D eigenvalue weighted by molar-refractivity contribution is -0.192. The zero-order valence-corrected chi connectivity index (χ0v) is 17.5. The van der Waals surface area contributed by atoms with E-state index in [0.29, 0.717) is 25.3 Å². The molecule has 0 radical (unpaired) electrons. The molecule has 1 N–H and O–H groups in total. The van der Waals surface area contributed by atoms with Crippen molar-refractivity contribution in [2.75, 3.05) is 19.8 Å². The lowest BCUT2D eigenvalue weighted by Gasteiger charge is -2.32. The Kier molecular flexibility index (Phi) is 7.56. The van der Waals surface area contributed by atoms with Crippen LogP contribution in [0.1, 0.15) is 17.4 Å². The van der Waals surface area contributed by atoms with Gasteiger partial charge in [-0.25, -0.2) is 18.2 Å². The standard InChI is InChI=1S/C14H20N6O3S.C2HF3O2/c1-4-7-23-9-12-14-11(19(3)17-16-14)5-6-20(12)24(21,22)13-8-18(2)10-15-13;3-2(4,5)1(6)7/h4,8,10,12H,1,5-7,9H2,2-3H3;(H,6,7). The number of hydrogen-bond acceptors (Lipinski definition) is 7. The molecular formula is C16H21F3N6O5S. The van der Waals surface area contributed by atoms with Crippen LogP contribution < -0.4 is 0 Å². The Bertz CT molecular complexity index is 1030. The van der Waals surface area contributed by atoms with Crippen LogP contribution in [0.25, 0.3) is 0 Å². The highest BCUT2D eigenvalue weighted by Crippen LogP contribution is 2.32. The first-order chi connectivity index (χ1) is 14.4. The number of carbonyl (C=O) groups is 1. The monoisotopic (exact) mass is 466 g/mol. The molecule has 0 saturated carbocycles. The number of rotatable bonds is 6. The van der Waals surface area contributed by atoms with Crippen LogP contribution in [0.2, 0.25) is 0 Å². The van der Waals surface area contributed by atoms with Gasteiger partial charge >= 0.3 is 12.1 Å². The number of aliphatic carboxylic acids is 1. The van der Waals surface area contributed by atoms with Crippen LogP contribution in [0.3, 0.4) is 0 Å². The summed E-state index contributed by atoms with van der Waals surface area (Å²) in [4.78, 5) is 12.9. The smallest absolute Gasteiger partial charge is 0.475 e. The van der Waals surface area contributed by atoms with E-state index >= 15 is 0 Å². The molecule has 0 saturated heterocycles. The van der Waals surface area contributed by atoms with Gasteiger partial charge in [0.15, 0.2) is 5.03 Å². The predicted molar refractivity (Wildman–Crippen MR) is 99.3 cm³/mol. The van der Waals surface area contributed by atoms with E-state index in [1.54, 1.807) is 29.4 Å². The minimum absolute atomic E-state index is 0.0195. The fourth-order valence-electron chi connectivity index (χ4n) is 2.80. The van der Waals surface area contributed by atoms with Crippen LogP contribution in [-0.4, -0.2) is 74.3 Å². The third-order valence-electron chi connectivity index (χ3n) is 4.21. The number of aryl methyl sites for hydroxylation is 2. The van der Waals surface area contributed by atoms with Gasteiger partial charge in [-0.2, -0.15) is 17.5 Å². The molecule has 2 aromatic heterocycles. The summed E-state index contributed by atoms with van der Waals surface area (Å²) in [5.41, 5.74) is 1.56. The van der Waals surface area contributed by atoms with Gasteiger partial charge in [-0.3, -0.25) is 4.68 Å². The van der Waals surface area contributed by atoms with E-state index in [1.807, 2.05) is 0 Å². The maximum absolute atomic E-state index is 13.0. The Balaban J connectivity index is 0.000000423. The first kappa shape index (κ1) is 24.5. The predicted octanol–water partition coefficient (Wildman–Crippen LogP) is 0.673. The lowest BCUT2D eigenvalue weighted by atomic mass is 10.1. The molecule has 1 unspecified atom stereocenters. The van der Waals surface area contributed by atoms with Gasteiger partial charge in [0.25, 0.3) is 10.0 Å². The molecule has 2 aromatic rings. The normalized spacial score (nSPS) is 16.9. The van der Waals surface area contributed by atoms with E-state index in [0.717, 1.165) is 5.69 Å². The van der Waals surface area contributed by atoms with Gasteiger partial charge in [0.2, 0.25) is 0 Å². The number of nitrogens with zero attached hydrogens (tertiary/aromatic N) is 6. The molecule has 1 aliphatic heterocycles. The third kappa shape index (κ3) is 5.68. The second-order valence-electron chi connectivity index (χ2n) is 6.43. The van der Waals surface area contributed by atoms with Crippen molar-refractivity contribution in [2.24, 2.45) is 14.1 Å². The van der Waals surface area contributed by atoms with Gasteiger partial charge in [0.05, 0.1) is 31.3 Å². The van der Waals surface area contributed by atoms with Crippen molar-refractivity contribution >= 4 is 16.0 Å². The van der Waals surface area contributed by atoms with E-state index in [2.05, 4.69) is 21.9 Å². The van der Waals surface area contributed by atoms with Crippen molar-refractivity contribution in [3.8, 4) is 0 Å². The second kappa shape index (κ2) is 9.57. The number of fused-ring (bicyclic) bond motifs is 1. The fourth-order valence-corrected chi connectivity index (χ4v) is 4.35. The number of imidazole rings is 1. The van der Waals surface area contributed by atoms with Crippen LogP contribution >= 0.6 is 0 Å². The second-order valence-corrected chi connectivity index (χ2v) is 8.27. The van der Waals surface area contributed by atoms with Crippen LogP contribution in [0, 0.1) is 0 Å². The Morgan fingerprint density at radius 3 is 2.58 bits per heavy atom. The van der Waals surface area contributed by atoms with Crippen LogP contribution in [-0.2, 0) is 40.1 Å². The summed E-state index contributed by atoms with van der Waals surface area (Å²) in [6.07, 6.45) is 0.0395. The molecule has 15 heteroatoms. The minimum atomic E-state index is -5.08. The largest absolute Gasteiger partial charge is 0.490 e. The summed E-state index contributed by atoms with van der Waals surface area (Å²) in [6.45, 7) is 4.46. The summed E-state index contributed by atoms with van der Waals surface area (Å²) < 4.78 is 67.9. The summed E-state index contributed by atoms with van der Waals surface area (Å²) in [5, 5.41) is 15.3. The minimum Gasteiger partial charge on any atom is -0.475 e. The highest BCUT2D eigenvalue weighted by Gasteiger charge is 2.40. The van der Waals surface area contributed by atoms with Crippen molar-refractivity contribution < 1.29 is 36.2 Å². The van der Waals surface area contributed by atoms with Gasteiger partial charge in [0, 0.05) is 33.3 Å². The van der Waals surface area contributed by atoms with Crippen molar-refractivity contribution in [3.63, 3.8) is 0 Å². The first-order valence-corrected chi connectivity index (χ1v) is 10.2. The number of carboxylic acid groups (broad SMARTS) is 1. The van der Waals surface area contributed by atoms with Crippen molar-refractivity contribution in [2.45, 2.75) is 23.7 Å². The molecule has 11 nitrogen and oxygen atoms in total. The van der Waals surface area contributed by atoms with Crippen LogP contribution in [0.15, 0.2) is 30.2 Å². The Hall–Kier alpha value is -2.78. The van der Waals surface area contributed by atoms with Crippen molar-refractivity contribution in [1.82, 2.24) is 28.9 Å². The molecule has 0 aliphatic carbocycles. The number of ether oxygens (including phenoxy) is 1. The summed E-state index contributed by atoms with van der Waals surface area (Å²) in [7, 11) is -0.211. The van der Waals surface area contributed by atoms with E-state index in [1.165, 1.54) is 16.8 Å². The van der Waals surface area contributed by atoms with Gasteiger partial charge in [-0.15, -0.1) is 11.7 Å². The van der Waals surface area contributed by atoms with E-state index < -0.39 is 28.2 Å². The zero-order chi connectivity index (χ0) is 23.4. The topological polar surface area (TPSA) is 132 Å². The Labute approximate surface area is 175 Å². The zero-order valence-electron chi connectivity index (χ0n) is 16.7. The van der Waals surface area contributed by atoms with E-state index in [9.17, 15) is 21.6 Å². The molecule has 3 heterocycles. The quantitative estimate of drug-likeness (QED) is 0.485. The number of halogens is 3. The SMILES string of the molecule is C=CCOCC1c2nnn(C)c2CCN1S(=O)(=O)c1cn(C)cn1.O=C(O)C(F)(F)F. The highest BCUT2D eigenvalue weighted by atomic mass is 32.2. The van der Waals surface area contributed by atoms with Crippen LogP contribution in [0.5, 0.6) is 0 Å². The maximum atomic E-state index is 13.0. The van der Waals surface area contributed by atoms with Crippen LogP contribution in [0.4, 0.5) is 13.2 Å². The molecule has 0 amide bonds. The molecule has 31 heavy (non-hydrogen) atoms. The average molecular weight is 466 g/mol. The fraction of sp³-hybridized carbons (Fsp3) is 0.500. The molecule has 1 atom stereocenters. The average Bonchev–Trinajstić information content (AvgIpc) is 3.28. The maximum Gasteiger partial charge on any atom is 0.490 e. The molecule has 0 bridgehead atoms. The van der Waals surface area contributed by atoms with Gasteiger partial charge in [-0.1, -0.05) is 11.3 Å². The van der Waals surface area contributed by atoms with Gasteiger partial charge in [0.1, 0.15) is 5.69 Å². The number of sulfonamides is 1. The molecule has 172 valence electrons. The molecular weight excluding hydrogens is 445 g/mol. The summed E-state index contributed by atoms with van der Waals surface area (Å²) >= 11 is 0. The first-order valence-electron chi connectivity index (χ1n) is 8.76. The molecule has 0 aromatic carbocycles. The van der Waals surface area contributed by atoms with E-state index in [4.69, 9.17) is 14.6 Å². The summed E-state index contributed by atoms with van der Waals surface area (Å²) in [6, 6.07) is -0.533. The van der Waals surface area contributed by atoms with Gasteiger partial charge < -0.3 is 14.4 Å². The Morgan fingerprint density at radius 1 is 1.42 bits per heavy atom. The van der Waals surface area contributed by atoms with Crippen molar-refractivity contribution in [1.29, 1.82) is 0 Å². The number of carboxylic acids is 1. The van der Waals surface area contributed by atoms with E-state index in [-0.39, 0.29) is 11.6 Å². The summed E-state index contributed by atoms with van der Waals surface area (Å²) in [5.74, 6) is -2.76. The van der Waals surface area contributed by atoms with Crippen molar-refractivity contribution in [3.05, 3.63) is 36.6 Å². The number of alkyl halides is 3. The molecule has 3 rings (SSSR count). The number of aromatic nitrogens is 5. The Morgan fingerprint density at radius 2 is 2.06 bits per heavy atom. The highest BCUT2D eigenvalue weighted by molar-refractivity contribution is 7.89. The van der Waals surface area contributed by atoms with Gasteiger partial charge in [-0.05, 0) is 0 Å². The number of hydrogen-bond donors (Lipinski definition) is 1. The lowest BCUT2D eigenvalue weighted by Crippen LogP contribution is -2.42. The third-order valence-corrected chi connectivity index (χ3v) is 6.01. The molecule has 1 aliphatic rings. The molecule has 0 fully saturated rings. The molecule has 0 spiro atoms.